The van der Waals surface area contributed by atoms with Gasteiger partial charge in [-0.15, -0.1) is 0 Å². The first-order chi connectivity index (χ1) is 11.4. The van der Waals surface area contributed by atoms with Gasteiger partial charge in [0.1, 0.15) is 0 Å². The van der Waals surface area contributed by atoms with Gasteiger partial charge >= 0.3 is 0 Å². The Morgan fingerprint density at radius 1 is 1.29 bits per heavy atom. The van der Waals surface area contributed by atoms with Crippen LogP contribution in [0.5, 0.6) is 0 Å². The van der Waals surface area contributed by atoms with Crippen molar-refractivity contribution < 1.29 is 13.2 Å². The van der Waals surface area contributed by atoms with Crippen LogP contribution in [-0.4, -0.2) is 50.9 Å². The molecule has 24 heavy (non-hydrogen) atoms. The quantitative estimate of drug-likeness (QED) is 0.839. The number of piperidine rings is 1. The van der Waals surface area contributed by atoms with Gasteiger partial charge in [-0.05, 0) is 43.9 Å². The molecule has 7 heteroatoms. The Bertz CT molecular complexity index is 708. The van der Waals surface area contributed by atoms with Gasteiger partial charge in [-0.3, -0.25) is 4.79 Å². The van der Waals surface area contributed by atoms with E-state index in [9.17, 15) is 13.2 Å². The van der Waals surface area contributed by atoms with Crippen LogP contribution in [0.2, 0.25) is 0 Å². The van der Waals surface area contributed by atoms with Crippen LogP contribution < -0.4 is 10.0 Å². The lowest BCUT2D eigenvalue weighted by atomic mass is 9.98. The fourth-order valence-electron chi connectivity index (χ4n) is 3.78. The molecule has 2 atom stereocenters. The van der Waals surface area contributed by atoms with Gasteiger partial charge in [-0.25, -0.2) is 13.1 Å². The lowest BCUT2D eigenvalue weighted by Crippen LogP contribution is -2.48. The monoisotopic (exact) mass is 351 g/mol. The summed E-state index contributed by atoms with van der Waals surface area (Å²) in [5.41, 5.74) is 0.419. The fraction of sp³-hybridized carbons (Fsp3) is 0.588. The number of benzene rings is 1. The molecular formula is C17H25N3O3S. The van der Waals surface area contributed by atoms with E-state index in [2.05, 4.69) is 10.0 Å². The second-order valence-corrected chi connectivity index (χ2v) is 8.48. The van der Waals surface area contributed by atoms with E-state index in [1.165, 1.54) is 25.0 Å². The first-order valence-corrected chi connectivity index (χ1v) is 10.0. The number of rotatable bonds is 5. The molecule has 1 aromatic rings. The number of sulfonamides is 1. The molecule has 2 aliphatic rings. The van der Waals surface area contributed by atoms with Crippen LogP contribution in [0.1, 0.15) is 43.0 Å². The van der Waals surface area contributed by atoms with Crippen molar-refractivity contribution in [2.24, 2.45) is 0 Å². The van der Waals surface area contributed by atoms with Crippen molar-refractivity contribution in [3.05, 3.63) is 29.8 Å². The lowest BCUT2D eigenvalue weighted by molar-refractivity contribution is 0.0681. The SMILES string of the molecule is CCNS(=O)(=O)c1cccc(C(=O)N(C)C2CC3CCC(C2)N3)c1. The van der Waals surface area contributed by atoms with Gasteiger partial charge in [-0.1, -0.05) is 13.0 Å². The average molecular weight is 351 g/mol. The summed E-state index contributed by atoms with van der Waals surface area (Å²) in [6.45, 7) is 2.05. The predicted octanol–water partition coefficient (Wildman–Crippen LogP) is 1.34. The number of carbonyl (C=O) groups is 1. The van der Waals surface area contributed by atoms with E-state index in [0.29, 0.717) is 24.2 Å². The number of nitrogens with one attached hydrogen (secondary N) is 2. The second-order valence-electron chi connectivity index (χ2n) is 6.71. The molecule has 0 aliphatic carbocycles. The van der Waals surface area contributed by atoms with Crippen molar-refractivity contribution in [2.45, 2.75) is 55.6 Å². The highest BCUT2D eigenvalue weighted by Gasteiger charge is 2.36. The largest absolute Gasteiger partial charge is 0.339 e. The van der Waals surface area contributed by atoms with Crippen molar-refractivity contribution in [1.29, 1.82) is 0 Å². The van der Waals surface area contributed by atoms with Crippen molar-refractivity contribution >= 4 is 15.9 Å². The highest BCUT2D eigenvalue weighted by molar-refractivity contribution is 7.89. The zero-order chi connectivity index (χ0) is 17.3. The summed E-state index contributed by atoms with van der Waals surface area (Å²) in [5, 5.41) is 3.57. The third-order valence-corrected chi connectivity index (χ3v) is 6.59. The van der Waals surface area contributed by atoms with Crippen LogP contribution in [0.25, 0.3) is 0 Å². The molecule has 2 heterocycles. The standard InChI is InChI=1S/C17H25N3O3S/c1-3-18-24(22,23)16-6-4-5-12(9-16)17(21)20(2)15-10-13-7-8-14(11-15)19-13/h4-6,9,13-15,18-19H,3,7-8,10-11H2,1-2H3. The molecule has 1 aromatic carbocycles. The maximum absolute atomic E-state index is 12.8. The van der Waals surface area contributed by atoms with Gasteiger partial charge in [0.15, 0.2) is 0 Å². The van der Waals surface area contributed by atoms with E-state index >= 15 is 0 Å². The minimum absolute atomic E-state index is 0.116. The molecule has 3 rings (SSSR count). The Kier molecular flexibility index (Phi) is 4.94. The molecule has 132 valence electrons. The zero-order valence-electron chi connectivity index (χ0n) is 14.2. The minimum Gasteiger partial charge on any atom is -0.339 e. The molecule has 2 N–H and O–H groups in total. The predicted molar refractivity (Wildman–Crippen MR) is 92.4 cm³/mol. The Morgan fingerprint density at radius 2 is 1.96 bits per heavy atom. The van der Waals surface area contributed by atoms with E-state index in [1.54, 1.807) is 24.0 Å². The molecule has 0 saturated carbocycles. The summed E-state index contributed by atoms with van der Waals surface area (Å²) in [6.07, 6.45) is 4.29. The molecule has 6 nitrogen and oxygen atoms in total. The molecule has 2 aliphatic heterocycles. The van der Waals surface area contributed by atoms with Crippen LogP contribution >= 0.6 is 0 Å². The van der Waals surface area contributed by atoms with Crippen LogP contribution in [0.4, 0.5) is 0 Å². The molecule has 2 fully saturated rings. The van der Waals surface area contributed by atoms with Crippen molar-refractivity contribution in [3.8, 4) is 0 Å². The van der Waals surface area contributed by atoms with Crippen molar-refractivity contribution in [1.82, 2.24) is 14.9 Å². The highest BCUT2D eigenvalue weighted by atomic mass is 32.2. The number of fused-ring (bicyclic) bond motifs is 2. The normalized spacial score (nSPS) is 26.3. The Balaban J connectivity index is 1.77. The lowest BCUT2D eigenvalue weighted by Gasteiger charge is -2.35. The Morgan fingerprint density at radius 3 is 2.58 bits per heavy atom. The summed E-state index contributed by atoms with van der Waals surface area (Å²) in [6, 6.07) is 7.50. The van der Waals surface area contributed by atoms with E-state index in [1.807, 2.05) is 7.05 Å². The van der Waals surface area contributed by atoms with Gasteiger partial charge in [0.25, 0.3) is 5.91 Å². The van der Waals surface area contributed by atoms with Gasteiger partial charge in [0.05, 0.1) is 4.90 Å². The number of nitrogens with zero attached hydrogens (tertiary/aromatic N) is 1. The van der Waals surface area contributed by atoms with Gasteiger partial charge in [0, 0.05) is 37.3 Å². The molecule has 2 saturated heterocycles. The van der Waals surface area contributed by atoms with Crippen molar-refractivity contribution in [2.75, 3.05) is 13.6 Å². The van der Waals surface area contributed by atoms with Gasteiger partial charge in [0.2, 0.25) is 10.0 Å². The fourth-order valence-corrected chi connectivity index (χ4v) is 4.87. The van der Waals surface area contributed by atoms with Crippen LogP contribution in [0, 0.1) is 0 Å². The zero-order valence-corrected chi connectivity index (χ0v) is 15.0. The summed E-state index contributed by atoms with van der Waals surface area (Å²) in [4.78, 5) is 14.7. The maximum Gasteiger partial charge on any atom is 0.253 e. The number of hydrogen-bond donors (Lipinski definition) is 2. The summed E-state index contributed by atoms with van der Waals surface area (Å²) >= 11 is 0. The van der Waals surface area contributed by atoms with E-state index < -0.39 is 10.0 Å². The molecule has 0 aromatic heterocycles. The molecule has 2 unspecified atom stereocenters. The van der Waals surface area contributed by atoms with Crippen LogP contribution in [-0.2, 0) is 10.0 Å². The van der Waals surface area contributed by atoms with E-state index in [0.717, 1.165) is 12.8 Å². The Labute approximate surface area is 143 Å². The topological polar surface area (TPSA) is 78.5 Å². The number of amides is 1. The third-order valence-electron chi connectivity index (χ3n) is 5.04. The molecule has 2 bridgehead atoms. The number of carbonyl (C=O) groups excluding carboxylic acids is 1. The highest BCUT2D eigenvalue weighted by Crippen LogP contribution is 2.30. The molecular weight excluding hydrogens is 326 g/mol. The van der Waals surface area contributed by atoms with E-state index in [4.69, 9.17) is 0 Å². The maximum atomic E-state index is 12.8. The Hall–Kier alpha value is -1.44. The van der Waals surface area contributed by atoms with Gasteiger partial charge in [-0.2, -0.15) is 0 Å². The summed E-state index contributed by atoms with van der Waals surface area (Å²) in [7, 11) is -1.73. The smallest absolute Gasteiger partial charge is 0.253 e. The van der Waals surface area contributed by atoms with Crippen LogP contribution in [0.3, 0.4) is 0 Å². The third kappa shape index (κ3) is 3.48. The second kappa shape index (κ2) is 6.82. The summed E-state index contributed by atoms with van der Waals surface area (Å²) < 4.78 is 26.7. The first kappa shape index (κ1) is 17.4. The molecule has 0 spiro atoms. The van der Waals surface area contributed by atoms with Crippen molar-refractivity contribution in [3.63, 3.8) is 0 Å². The molecule has 0 radical (unpaired) electrons. The molecule has 1 amide bonds. The van der Waals surface area contributed by atoms with Crippen LogP contribution in [0.15, 0.2) is 29.2 Å². The average Bonchev–Trinajstić information content (AvgIpc) is 2.91. The first-order valence-electron chi connectivity index (χ1n) is 8.53. The van der Waals surface area contributed by atoms with E-state index in [-0.39, 0.29) is 16.8 Å². The number of hydrogen-bond acceptors (Lipinski definition) is 4. The minimum atomic E-state index is -3.56. The summed E-state index contributed by atoms with van der Waals surface area (Å²) in [5.74, 6) is -0.116. The van der Waals surface area contributed by atoms with Gasteiger partial charge < -0.3 is 10.2 Å².